The average molecular weight is 365 g/mol. The van der Waals surface area contributed by atoms with Gasteiger partial charge in [-0.15, -0.1) is 0 Å². The molecular weight excluding hydrogens is 342 g/mol. The highest BCUT2D eigenvalue weighted by atomic mass is 16.5. The van der Waals surface area contributed by atoms with Crippen molar-refractivity contribution in [3.63, 3.8) is 0 Å². The Morgan fingerprint density at radius 3 is 2.23 bits per heavy atom. The van der Waals surface area contributed by atoms with E-state index in [2.05, 4.69) is 10.6 Å². The van der Waals surface area contributed by atoms with Crippen molar-refractivity contribution in [3.05, 3.63) is 12.2 Å². The average Bonchev–Trinajstić information content (AvgIpc) is 2.88. The zero-order chi connectivity index (χ0) is 19.3. The molecule has 3 atom stereocenters. The van der Waals surface area contributed by atoms with Gasteiger partial charge in [-0.1, -0.05) is 12.2 Å². The molecule has 0 aromatic rings. The van der Waals surface area contributed by atoms with Gasteiger partial charge in [0.2, 0.25) is 17.7 Å². The molecule has 2 N–H and O–H groups in total. The van der Waals surface area contributed by atoms with Crippen LogP contribution in [0.3, 0.4) is 0 Å². The van der Waals surface area contributed by atoms with Gasteiger partial charge in [-0.3, -0.25) is 24.1 Å². The summed E-state index contributed by atoms with van der Waals surface area (Å²) >= 11 is 0. The highest BCUT2D eigenvalue weighted by Gasteiger charge is 2.50. The van der Waals surface area contributed by atoms with Gasteiger partial charge >= 0.3 is 5.97 Å². The van der Waals surface area contributed by atoms with Gasteiger partial charge in [0, 0.05) is 6.54 Å². The lowest BCUT2D eigenvalue weighted by Crippen LogP contribution is -2.45. The Morgan fingerprint density at radius 1 is 1.12 bits per heavy atom. The topological polar surface area (TPSA) is 122 Å². The molecule has 142 valence electrons. The largest absolute Gasteiger partial charge is 0.454 e. The van der Waals surface area contributed by atoms with Crippen LogP contribution in [0.5, 0.6) is 0 Å². The number of esters is 1. The van der Waals surface area contributed by atoms with Gasteiger partial charge < -0.3 is 15.4 Å². The van der Waals surface area contributed by atoms with Gasteiger partial charge in [0.05, 0.1) is 18.4 Å². The molecule has 1 aliphatic heterocycles. The summed E-state index contributed by atoms with van der Waals surface area (Å²) in [5.41, 5.74) is 0. The molecular formula is C17H23N3O6. The second kappa shape index (κ2) is 8.59. The number of likely N-dealkylation sites (N-methyl/N-ethyl adjacent to an activating group) is 1. The van der Waals surface area contributed by atoms with Crippen LogP contribution >= 0.6 is 0 Å². The molecule has 9 nitrogen and oxygen atoms in total. The van der Waals surface area contributed by atoms with E-state index < -0.39 is 36.4 Å². The Bertz CT molecular complexity index is 618. The summed E-state index contributed by atoms with van der Waals surface area (Å²) in [5, 5.41) is 4.81. The zero-order valence-electron chi connectivity index (χ0n) is 14.8. The predicted molar refractivity (Wildman–Crippen MR) is 89.3 cm³/mol. The third kappa shape index (κ3) is 4.27. The van der Waals surface area contributed by atoms with Crippen LogP contribution in [0, 0.1) is 11.8 Å². The van der Waals surface area contributed by atoms with E-state index >= 15 is 0 Å². The number of hydrogen-bond donors (Lipinski definition) is 2. The smallest absolute Gasteiger partial charge is 0.329 e. The molecule has 0 saturated carbocycles. The Labute approximate surface area is 151 Å². The number of allylic oxidation sites excluding steroid dienone is 2. The van der Waals surface area contributed by atoms with Crippen molar-refractivity contribution in [1.29, 1.82) is 0 Å². The molecule has 1 fully saturated rings. The molecule has 0 spiro atoms. The van der Waals surface area contributed by atoms with E-state index in [1.165, 1.54) is 6.92 Å². The Kier molecular flexibility index (Phi) is 6.48. The zero-order valence-corrected chi connectivity index (χ0v) is 14.8. The van der Waals surface area contributed by atoms with Crippen molar-refractivity contribution < 1.29 is 28.7 Å². The van der Waals surface area contributed by atoms with E-state index in [1.54, 1.807) is 6.92 Å². The van der Waals surface area contributed by atoms with Crippen LogP contribution in [0.1, 0.15) is 26.7 Å². The molecule has 1 heterocycles. The fraction of sp³-hybridized carbons (Fsp3) is 0.588. The second-order valence-corrected chi connectivity index (χ2v) is 6.22. The maximum Gasteiger partial charge on any atom is 0.329 e. The van der Waals surface area contributed by atoms with Crippen LogP contribution in [0.2, 0.25) is 0 Å². The summed E-state index contributed by atoms with van der Waals surface area (Å²) < 4.78 is 4.88. The SMILES string of the molecule is CCNC(=O)CNC(=O)COC(=O)[C@H](C)N1C(=O)[C@H]2CC=CC[C@H]2C1=O. The van der Waals surface area contributed by atoms with Crippen LogP contribution in [0.15, 0.2) is 12.2 Å². The van der Waals surface area contributed by atoms with E-state index in [4.69, 9.17) is 4.74 Å². The van der Waals surface area contributed by atoms with E-state index in [-0.39, 0.29) is 24.3 Å². The number of ether oxygens (including phenoxy) is 1. The summed E-state index contributed by atoms with van der Waals surface area (Å²) in [5.74, 6) is -3.46. The third-order valence-electron chi connectivity index (χ3n) is 4.44. The third-order valence-corrected chi connectivity index (χ3v) is 4.44. The summed E-state index contributed by atoms with van der Waals surface area (Å²) in [4.78, 5) is 60.7. The van der Waals surface area contributed by atoms with Crippen LogP contribution in [0.25, 0.3) is 0 Å². The lowest BCUT2D eigenvalue weighted by atomic mass is 9.85. The fourth-order valence-corrected chi connectivity index (χ4v) is 3.06. The first-order chi connectivity index (χ1) is 12.4. The van der Waals surface area contributed by atoms with Crippen LogP contribution < -0.4 is 10.6 Å². The van der Waals surface area contributed by atoms with Crippen molar-refractivity contribution >= 4 is 29.6 Å². The monoisotopic (exact) mass is 365 g/mol. The fourth-order valence-electron chi connectivity index (χ4n) is 3.06. The van der Waals surface area contributed by atoms with Crippen LogP contribution in [0.4, 0.5) is 0 Å². The quantitative estimate of drug-likeness (QED) is 0.343. The standard InChI is InChI=1S/C17H23N3O6/c1-3-18-13(21)8-19-14(22)9-26-17(25)10(2)20-15(23)11-6-4-5-7-12(11)16(20)24/h4-5,10-12H,3,6-9H2,1-2H3,(H,18,21)(H,19,22)/t10-,11-,12+/m0/s1. The number of fused-ring (bicyclic) bond motifs is 1. The number of nitrogens with zero attached hydrogens (tertiary/aromatic N) is 1. The number of amides is 4. The molecule has 0 bridgehead atoms. The maximum absolute atomic E-state index is 12.4. The van der Waals surface area contributed by atoms with Gasteiger partial charge in [-0.2, -0.15) is 0 Å². The molecule has 4 amide bonds. The number of hydrogen-bond acceptors (Lipinski definition) is 6. The molecule has 0 unspecified atom stereocenters. The molecule has 2 aliphatic rings. The number of nitrogens with one attached hydrogen (secondary N) is 2. The number of imide groups is 1. The Hall–Kier alpha value is -2.71. The Morgan fingerprint density at radius 2 is 1.69 bits per heavy atom. The molecule has 0 radical (unpaired) electrons. The lowest BCUT2D eigenvalue weighted by molar-refractivity contribution is -0.159. The van der Waals surface area contributed by atoms with Gasteiger partial charge in [0.1, 0.15) is 6.04 Å². The lowest BCUT2D eigenvalue weighted by Gasteiger charge is -2.21. The summed E-state index contributed by atoms with van der Waals surface area (Å²) in [6, 6.07) is -1.10. The maximum atomic E-state index is 12.4. The normalized spacial score (nSPS) is 22.6. The minimum absolute atomic E-state index is 0.223. The number of rotatable bonds is 7. The second-order valence-electron chi connectivity index (χ2n) is 6.22. The van der Waals surface area contributed by atoms with Crippen molar-refractivity contribution in [3.8, 4) is 0 Å². The first-order valence-electron chi connectivity index (χ1n) is 8.58. The number of likely N-dealkylation sites (tertiary alicyclic amines) is 1. The van der Waals surface area contributed by atoms with Crippen LogP contribution in [-0.4, -0.2) is 60.2 Å². The van der Waals surface area contributed by atoms with Gasteiger partial charge in [-0.25, -0.2) is 4.79 Å². The molecule has 0 aromatic carbocycles. The predicted octanol–water partition coefficient (Wildman–Crippen LogP) is -0.878. The van der Waals surface area contributed by atoms with Crippen molar-refractivity contribution in [2.75, 3.05) is 19.7 Å². The van der Waals surface area contributed by atoms with Gasteiger partial charge in [-0.05, 0) is 26.7 Å². The van der Waals surface area contributed by atoms with Gasteiger partial charge in [0.15, 0.2) is 6.61 Å². The highest BCUT2D eigenvalue weighted by molar-refractivity contribution is 6.08. The van der Waals surface area contributed by atoms with E-state index in [0.29, 0.717) is 19.4 Å². The first-order valence-corrected chi connectivity index (χ1v) is 8.58. The van der Waals surface area contributed by atoms with Crippen molar-refractivity contribution in [2.45, 2.75) is 32.7 Å². The summed E-state index contributed by atoms with van der Waals surface area (Å²) in [6.07, 6.45) is 4.68. The van der Waals surface area contributed by atoms with Gasteiger partial charge in [0.25, 0.3) is 5.91 Å². The number of carbonyl (C=O) groups excluding carboxylic acids is 5. The minimum Gasteiger partial charge on any atom is -0.454 e. The molecule has 1 saturated heterocycles. The molecule has 0 aromatic heterocycles. The molecule has 26 heavy (non-hydrogen) atoms. The highest BCUT2D eigenvalue weighted by Crippen LogP contribution is 2.36. The molecule has 9 heteroatoms. The summed E-state index contributed by atoms with van der Waals surface area (Å²) in [7, 11) is 0. The molecule has 1 aliphatic carbocycles. The number of carbonyl (C=O) groups is 5. The minimum atomic E-state index is -1.10. The van der Waals surface area contributed by atoms with E-state index in [9.17, 15) is 24.0 Å². The first kappa shape index (κ1) is 19.6. The van der Waals surface area contributed by atoms with E-state index in [0.717, 1.165) is 4.90 Å². The van der Waals surface area contributed by atoms with Crippen LogP contribution in [-0.2, 0) is 28.7 Å². The van der Waals surface area contributed by atoms with E-state index in [1.807, 2.05) is 12.2 Å². The molecule has 2 rings (SSSR count). The summed E-state index contributed by atoms with van der Waals surface area (Å²) in [6.45, 7) is 2.77. The van der Waals surface area contributed by atoms with Crippen molar-refractivity contribution in [2.24, 2.45) is 11.8 Å². The Balaban J connectivity index is 1.84. The van der Waals surface area contributed by atoms with Crippen molar-refractivity contribution in [1.82, 2.24) is 15.5 Å².